The van der Waals surface area contributed by atoms with Crippen LogP contribution in [-0.2, 0) is 0 Å². The third kappa shape index (κ3) is 2.85. The standard InChI is InChI=1S/C13H16N4O2/c1-2-5-19-10-7-16-17(8-10)12-6-9(13(15)18)3-4-11(12)14/h3-4,6-8H,2,5,14H2,1H3,(H2,15,18). The first-order valence-corrected chi connectivity index (χ1v) is 5.99. The molecule has 1 aromatic carbocycles. The summed E-state index contributed by atoms with van der Waals surface area (Å²) >= 11 is 0. The highest BCUT2D eigenvalue weighted by atomic mass is 16.5. The molecule has 4 N–H and O–H groups in total. The van der Waals surface area contributed by atoms with Crippen molar-refractivity contribution in [2.75, 3.05) is 12.3 Å². The van der Waals surface area contributed by atoms with Gasteiger partial charge in [0.05, 0.1) is 30.4 Å². The van der Waals surface area contributed by atoms with Gasteiger partial charge in [0.15, 0.2) is 5.75 Å². The second-order valence-corrected chi connectivity index (χ2v) is 4.11. The highest BCUT2D eigenvalue weighted by Gasteiger charge is 2.09. The van der Waals surface area contributed by atoms with Gasteiger partial charge >= 0.3 is 0 Å². The number of nitrogen functional groups attached to an aromatic ring is 1. The summed E-state index contributed by atoms with van der Waals surface area (Å²) in [5, 5.41) is 4.16. The number of anilines is 1. The van der Waals surface area contributed by atoms with Gasteiger partial charge in [0.2, 0.25) is 5.91 Å². The lowest BCUT2D eigenvalue weighted by Gasteiger charge is -2.07. The molecule has 0 saturated heterocycles. The third-order valence-electron chi connectivity index (χ3n) is 2.59. The van der Waals surface area contributed by atoms with E-state index in [1.807, 2.05) is 6.92 Å². The number of aromatic nitrogens is 2. The summed E-state index contributed by atoms with van der Waals surface area (Å²) in [4.78, 5) is 11.2. The van der Waals surface area contributed by atoms with Gasteiger partial charge in [0, 0.05) is 5.56 Å². The number of carbonyl (C=O) groups excluding carboxylic acids is 1. The molecule has 1 amide bonds. The molecule has 0 bridgehead atoms. The Morgan fingerprint density at radius 1 is 1.47 bits per heavy atom. The lowest BCUT2D eigenvalue weighted by atomic mass is 10.1. The molecule has 6 heteroatoms. The molecule has 1 aromatic heterocycles. The minimum Gasteiger partial charge on any atom is -0.490 e. The molecule has 0 spiro atoms. The van der Waals surface area contributed by atoms with Crippen molar-refractivity contribution in [3.63, 3.8) is 0 Å². The Bertz CT molecular complexity index is 592. The normalized spacial score (nSPS) is 10.4. The van der Waals surface area contributed by atoms with E-state index in [-0.39, 0.29) is 0 Å². The van der Waals surface area contributed by atoms with E-state index in [0.29, 0.717) is 29.3 Å². The second-order valence-electron chi connectivity index (χ2n) is 4.11. The van der Waals surface area contributed by atoms with Crippen molar-refractivity contribution >= 4 is 11.6 Å². The first-order valence-electron chi connectivity index (χ1n) is 5.99. The average molecular weight is 260 g/mol. The monoisotopic (exact) mass is 260 g/mol. The molecule has 0 fully saturated rings. The fraction of sp³-hybridized carbons (Fsp3) is 0.231. The molecular formula is C13H16N4O2. The van der Waals surface area contributed by atoms with Crippen LogP contribution in [0, 0.1) is 0 Å². The minimum atomic E-state index is -0.504. The molecule has 0 atom stereocenters. The molecule has 2 rings (SSSR count). The van der Waals surface area contributed by atoms with Gasteiger partial charge in [-0.25, -0.2) is 4.68 Å². The van der Waals surface area contributed by atoms with Crippen LogP contribution in [0.15, 0.2) is 30.6 Å². The summed E-state index contributed by atoms with van der Waals surface area (Å²) in [5.74, 6) is 0.154. The van der Waals surface area contributed by atoms with E-state index in [1.54, 1.807) is 35.3 Å². The largest absolute Gasteiger partial charge is 0.490 e. The average Bonchev–Trinajstić information content (AvgIpc) is 2.85. The van der Waals surface area contributed by atoms with Crippen molar-refractivity contribution in [3.8, 4) is 11.4 Å². The third-order valence-corrected chi connectivity index (χ3v) is 2.59. The quantitative estimate of drug-likeness (QED) is 0.793. The van der Waals surface area contributed by atoms with E-state index in [4.69, 9.17) is 16.2 Å². The molecule has 0 unspecified atom stereocenters. The number of carbonyl (C=O) groups is 1. The SMILES string of the molecule is CCCOc1cnn(-c2cc(C(N)=O)ccc2N)c1. The van der Waals surface area contributed by atoms with Crippen molar-refractivity contribution in [2.45, 2.75) is 13.3 Å². The van der Waals surface area contributed by atoms with Crippen molar-refractivity contribution in [2.24, 2.45) is 5.73 Å². The van der Waals surface area contributed by atoms with Gasteiger partial charge in [0.25, 0.3) is 0 Å². The molecule has 0 aliphatic rings. The van der Waals surface area contributed by atoms with Gasteiger partial charge in [-0.05, 0) is 24.6 Å². The van der Waals surface area contributed by atoms with Crippen LogP contribution in [0.2, 0.25) is 0 Å². The van der Waals surface area contributed by atoms with Crippen LogP contribution in [0.5, 0.6) is 5.75 Å². The zero-order valence-electron chi connectivity index (χ0n) is 10.7. The summed E-state index contributed by atoms with van der Waals surface area (Å²) in [6, 6.07) is 4.82. The maximum Gasteiger partial charge on any atom is 0.248 e. The summed E-state index contributed by atoms with van der Waals surface area (Å²) in [5.41, 5.74) is 12.6. The Balaban J connectivity index is 2.32. The molecule has 100 valence electrons. The second kappa shape index (κ2) is 5.43. The van der Waals surface area contributed by atoms with E-state index in [0.717, 1.165) is 6.42 Å². The number of primary amides is 1. The number of nitrogens with two attached hydrogens (primary N) is 2. The molecule has 6 nitrogen and oxygen atoms in total. The van der Waals surface area contributed by atoms with Gasteiger partial charge in [-0.2, -0.15) is 5.10 Å². The van der Waals surface area contributed by atoms with Crippen LogP contribution in [-0.4, -0.2) is 22.3 Å². The number of ether oxygens (including phenoxy) is 1. The van der Waals surface area contributed by atoms with E-state index in [2.05, 4.69) is 5.10 Å². The van der Waals surface area contributed by atoms with Crippen molar-refractivity contribution in [3.05, 3.63) is 36.2 Å². The summed E-state index contributed by atoms with van der Waals surface area (Å²) in [6.07, 6.45) is 4.24. The summed E-state index contributed by atoms with van der Waals surface area (Å²) < 4.78 is 7.02. The van der Waals surface area contributed by atoms with Crippen LogP contribution in [0.1, 0.15) is 23.7 Å². The lowest BCUT2D eigenvalue weighted by molar-refractivity contribution is 0.100. The number of benzene rings is 1. The van der Waals surface area contributed by atoms with Crippen LogP contribution >= 0.6 is 0 Å². The Labute approximate surface area is 111 Å². The minimum absolute atomic E-state index is 0.385. The Hall–Kier alpha value is -2.50. The van der Waals surface area contributed by atoms with Gasteiger partial charge < -0.3 is 16.2 Å². The van der Waals surface area contributed by atoms with Crippen LogP contribution in [0.4, 0.5) is 5.69 Å². The molecule has 0 aliphatic heterocycles. The van der Waals surface area contributed by atoms with Gasteiger partial charge in [-0.3, -0.25) is 4.79 Å². The smallest absolute Gasteiger partial charge is 0.248 e. The van der Waals surface area contributed by atoms with Crippen molar-refractivity contribution in [1.82, 2.24) is 9.78 Å². The van der Waals surface area contributed by atoms with E-state index < -0.39 is 5.91 Å². The highest BCUT2D eigenvalue weighted by Crippen LogP contribution is 2.20. The number of amides is 1. The first kappa shape index (κ1) is 12.9. The van der Waals surface area contributed by atoms with E-state index >= 15 is 0 Å². The molecule has 19 heavy (non-hydrogen) atoms. The fourth-order valence-corrected chi connectivity index (χ4v) is 1.63. The Morgan fingerprint density at radius 2 is 2.26 bits per heavy atom. The first-order chi connectivity index (χ1) is 9.11. The molecule has 0 saturated carbocycles. The van der Waals surface area contributed by atoms with Crippen LogP contribution in [0.25, 0.3) is 5.69 Å². The van der Waals surface area contributed by atoms with E-state index in [1.165, 1.54) is 0 Å². The van der Waals surface area contributed by atoms with Gasteiger partial charge in [-0.1, -0.05) is 6.92 Å². The number of hydrogen-bond donors (Lipinski definition) is 2. The van der Waals surface area contributed by atoms with Crippen molar-refractivity contribution < 1.29 is 9.53 Å². The lowest BCUT2D eigenvalue weighted by Crippen LogP contribution is -2.12. The predicted octanol–water partition coefficient (Wildman–Crippen LogP) is 1.34. The van der Waals surface area contributed by atoms with Crippen molar-refractivity contribution in [1.29, 1.82) is 0 Å². The Morgan fingerprint density at radius 3 is 2.95 bits per heavy atom. The summed E-state index contributed by atoms with van der Waals surface area (Å²) in [7, 11) is 0. The fourth-order valence-electron chi connectivity index (χ4n) is 1.63. The predicted molar refractivity (Wildman–Crippen MR) is 72.3 cm³/mol. The Kier molecular flexibility index (Phi) is 3.70. The maximum absolute atomic E-state index is 11.2. The molecule has 2 aromatic rings. The van der Waals surface area contributed by atoms with Crippen LogP contribution < -0.4 is 16.2 Å². The molecule has 1 heterocycles. The number of nitrogens with zero attached hydrogens (tertiary/aromatic N) is 2. The molecule has 0 radical (unpaired) electrons. The molecular weight excluding hydrogens is 244 g/mol. The molecule has 0 aliphatic carbocycles. The van der Waals surface area contributed by atoms with Gasteiger partial charge in [0.1, 0.15) is 0 Å². The van der Waals surface area contributed by atoms with E-state index in [9.17, 15) is 4.79 Å². The van der Waals surface area contributed by atoms with Gasteiger partial charge in [-0.15, -0.1) is 0 Å². The zero-order valence-corrected chi connectivity index (χ0v) is 10.7. The number of rotatable bonds is 5. The number of hydrogen-bond acceptors (Lipinski definition) is 4. The highest BCUT2D eigenvalue weighted by molar-refractivity contribution is 5.94. The summed E-state index contributed by atoms with van der Waals surface area (Å²) in [6.45, 7) is 2.65. The van der Waals surface area contributed by atoms with Crippen LogP contribution in [0.3, 0.4) is 0 Å². The maximum atomic E-state index is 11.2. The topological polar surface area (TPSA) is 96.2 Å². The zero-order chi connectivity index (χ0) is 13.8.